The highest BCUT2D eigenvalue weighted by molar-refractivity contribution is 5.91. The zero-order valence-corrected chi connectivity index (χ0v) is 21.5. The van der Waals surface area contributed by atoms with Gasteiger partial charge in [-0.25, -0.2) is 9.59 Å². The van der Waals surface area contributed by atoms with E-state index in [4.69, 9.17) is 9.47 Å². The van der Waals surface area contributed by atoms with Gasteiger partial charge in [0.2, 0.25) is 0 Å². The fourth-order valence-corrected chi connectivity index (χ4v) is 5.40. The number of hydrogen-bond donors (Lipinski definition) is 0. The molecule has 0 aromatic heterocycles. The Morgan fingerprint density at radius 3 is 1.86 bits per heavy atom. The van der Waals surface area contributed by atoms with Gasteiger partial charge in [0.05, 0.1) is 18.2 Å². The maximum absolute atomic E-state index is 12.7. The zero-order chi connectivity index (χ0) is 25.5. The van der Waals surface area contributed by atoms with Crippen molar-refractivity contribution in [2.45, 2.75) is 58.3 Å². The van der Waals surface area contributed by atoms with E-state index in [-0.39, 0.29) is 11.9 Å². The SMILES string of the molecule is CCCC(C)C1CCC(c2ccc(C(=O)Oc3ccc(-c4ccc(C(=O)OC)cc4)cc3)cc2)CC1. The monoisotopic (exact) mass is 484 g/mol. The summed E-state index contributed by atoms with van der Waals surface area (Å²) in [6, 6.07) is 22.5. The third kappa shape index (κ3) is 6.23. The Morgan fingerprint density at radius 1 is 0.778 bits per heavy atom. The Morgan fingerprint density at radius 2 is 1.31 bits per heavy atom. The van der Waals surface area contributed by atoms with Crippen molar-refractivity contribution in [2.24, 2.45) is 11.8 Å². The van der Waals surface area contributed by atoms with E-state index in [1.165, 1.54) is 51.2 Å². The van der Waals surface area contributed by atoms with Crippen LogP contribution in [0.4, 0.5) is 0 Å². The number of rotatable bonds is 8. The highest BCUT2D eigenvalue weighted by Crippen LogP contribution is 2.39. The number of hydrogen-bond acceptors (Lipinski definition) is 4. The average molecular weight is 485 g/mol. The van der Waals surface area contributed by atoms with E-state index in [0.29, 0.717) is 22.8 Å². The smallest absolute Gasteiger partial charge is 0.343 e. The molecule has 4 heteroatoms. The van der Waals surface area contributed by atoms with Gasteiger partial charge < -0.3 is 9.47 Å². The highest BCUT2D eigenvalue weighted by Gasteiger charge is 2.25. The van der Waals surface area contributed by atoms with Crippen molar-refractivity contribution in [1.29, 1.82) is 0 Å². The van der Waals surface area contributed by atoms with Crippen molar-refractivity contribution in [3.8, 4) is 16.9 Å². The van der Waals surface area contributed by atoms with Crippen molar-refractivity contribution in [1.82, 2.24) is 0 Å². The summed E-state index contributed by atoms with van der Waals surface area (Å²) in [5.74, 6) is 2.07. The second-order valence-corrected chi connectivity index (χ2v) is 9.98. The Hall–Kier alpha value is -3.40. The molecule has 0 amide bonds. The van der Waals surface area contributed by atoms with Gasteiger partial charge in [-0.1, -0.05) is 63.1 Å². The second kappa shape index (κ2) is 12.0. The molecule has 36 heavy (non-hydrogen) atoms. The van der Waals surface area contributed by atoms with E-state index in [2.05, 4.69) is 26.0 Å². The number of benzene rings is 3. The summed E-state index contributed by atoms with van der Waals surface area (Å²) in [5.41, 5.74) is 4.33. The number of esters is 2. The molecular formula is C32H36O4. The number of carbonyl (C=O) groups is 2. The lowest BCUT2D eigenvalue weighted by molar-refractivity contribution is 0.0600. The van der Waals surface area contributed by atoms with E-state index in [9.17, 15) is 9.59 Å². The molecule has 1 saturated carbocycles. The number of methoxy groups -OCH3 is 1. The molecule has 0 radical (unpaired) electrons. The van der Waals surface area contributed by atoms with Crippen LogP contribution in [-0.4, -0.2) is 19.0 Å². The van der Waals surface area contributed by atoms with Gasteiger partial charge in [0, 0.05) is 0 Å². The third-order valence-corrected chi connectivity index (χ3v) is 7.64. The van der Waals surface area contributed by atoms with Crippen LogP contribution in [0.1, 0.15) is 84.6 Å². The van der Waals surface area contributed by atoms with E-state index in [0.717, 1.165) is 23.0 Å². The third-order valence-electron chi connectivity index (χ3n) is 7.64. The lowest BCUT2D eigenvalue weighted by Crippen LogP contribution is -2.19. The summed E-state index contributed by atoms with van der Waals surface area (Å²) in [6.45, 7) is 4.69. The van der Waals surface area contributed by atoms with E-state index in [1.54, 1.807) is 24.3 Å². The largest absolute Gasteiger partial charge is 0.465 e. The Kier molecular flexibility index (Phi) is 8.58. The molecule has 1 unspecified atom stereocenters. The molecule has 0 bridgehead atoms. The summed E-state index contributed by atoms with van der Waals surface area (Å²) in [5, 5.41) is 0. The van der Waals surface area contributed by atoms with Crippen molar-refractivity contribution in [3.63, 3.8) is 0 Å². The molecule has 0 saturated heterocycles. The summed E-state index contributed by atoms with van der Waals surface area (Å²) in [4.78, 5) is 24.3. The van der Waals surface area contributed by atoms with Gasteiger partial charge in [-0.05, 0) is 96.5 Å². The zero-order valence-electron chi connectivity index (χ0n) is 21.5. The second-order valence-electron chi connectivity index (χ2n) is 9.98. The molecule has 1 fully saturated rings. The Labute approximate surface area is 214 Å². The summed E-state index contributed by atoms with van der Waals surface area (Å²) >= 11 is 0. The van der Waals surface area contributed by atoms with Crippen LogP contribution in [-0.2, 0) is 4.74 Å². The molecule has 0 aliphatic heterocycles. The molecule has 4 nitrogen and oxygen atoms in total. The molecule has 0 N–H and O–H groups in total. The minimum atomic E-state index is -0.360. The molecule has 3 aromatic carbocycles. The molecule has 1 aliphatic carbocycles. The highest BCUT2D eigenvalue weighted by atomic mass is 16.5. The van der Waals surface area contributed by atoms with Crippen molar-refractivity contribution in [2.75, 3.05) is 7.11 Å². The lowest BCUT2D eigenvalue weighted by atomic mass is 9.73. The Bertz CT molecular complexity index is 1140. The van der Waals surface area contributed by atoms with Crippen LogP contribution in [0.2, 0.25) is 0 Å². The quantitative estimate of drug-likeness (QED) is 0.240. The van der Waals surface area contributed by atoms with Crippen LogP contribution >= 0.6 is 0 Å². The van der Waals surface area contributed by atoms with Gasteiger partial charge in [-0.3, -0.25) is 0 Å². The summed E-state index contributed by atoms with van der Waals surface area (Å²) < 4.78 is 10.3. The molecule has 0 spiro atoms. The first-order valence-corrected chi connectivity index (χ1v) is 13.1. The van der Waals surface area contributed by atoms with E-state index in [1.807, 2.05) is 36.4 Å². The summed E-state index contributed by atoms with van der Waals surface area (Å²) in [6.07, 6.45) is 7.69. The van der Waals surface area contributed by atoms with Crippen molar-refractivity contribution < 1.29 is 19.1 Å². The first-order valence-electron chi connectivity index (χ1n) is 13.1. The first-order chi connectivity index (χ1) is 17.5. The fourth-order valence-electron chi connectivity index (χ4n) is 5.40. The average Bonchev–Trinajstić information content (AvgIpc) is 2.93. The minimum absolute atomic E-state index is 0.353. The van der Waals surface area contributed by atoms with Crippen molar-refractivity contribution >= 4 is 11.9 Å². The predicted octanol–water partition coefficient (Wildman–Crippen LogP) is 8.07. The van der Waals surface area contributed by atoms with E-state index >= 15 is 0 Å². The Balaban J connectivity index is 1.32. The lowest BCUT2D eigenvalue weighted by Gasteiger charge is -2.32. The van der Waals surface area contributed by atoms with Gasteiger partial charge in [-0.15, -0.1) is 0 Å². The topological polar surface area (TPSA) is 52.6 Å². The van der Waals surface area contributed by atoms with Crippen LogP contribution in [0.5, 0.6) is 5.75 Å². The number of ether oxygens (including phenoxy) is 2. The van der Waals surface area contributed by atoms with E-state index < -0.39 is 0 Å². The molecule has 3 aromatic rings. The number of carbonyl (C=O) groups excluding carboxylic acids is 2. The van der Waals surface area contributed by atoms with Crippen LogP contribution in [0.3, 0.4) is 0 Å². The molecule has 4 rings (SSSR count). The van der Waals surface area contributed by atoms with Crippen molar-refractivity contribution in [3.05, 3.63) is 89.5 Å². The van der Waals surface area contributed by atoms with Gasteiger partial charge in [0.25, 0.3) is 0 Å². The maximum atomic E-state index is 12.7. The molecule has 1 atom stereocenters. The predicted molar refractivity (Wildman–Crippen MR) is 143 cm³/mol. The van der Waals surface area contributed by atoms with Crippen LogP contribution < -0.4 is 4.74 Å². The van der Waals surface area contributed by atoms with Gasteiger partial charge in [0.15, 0.2) is 0 Å². The van der Waals surface area contributed by atoms with Crippen LogP contribution in [0.15, 0.2) is 72.8 Å². The maximum Gasteiger partial charge on any atom is 0.343 e. The molecular weight excluding hydrogens is 448 g/mol. The first kappa shape index (κ1) is 25.7. The molecule has 1 aliphatic rings. The summed E-state index contributed by atoms with van der Waals surface area (Å²) in [7, 11) is 1.37. The molecule has 188 valence electrons. The van der Waals surface area contributed by atoms with Gasteiger partial charge in [-0.2, -0.15) is 0 Å². The minimum Gasteiger partial charge on any atom is -0.465 e. The fraction of sp³-hybridized carbons (Fsp3) is 0.375. The van der Waals surface area contributed by atoms with Crippen LogP contribution in [0.25, 0.3) is 11.1 Å². The van der Waals surface area contributed by atoms with Crippen LogP contribution in [0, 0.1) is 11.8 Å². The van der Waals surface area contributed by atoms with Gasteiger partial charge >= 0.3 is 11.9 Å². The normalized spacial score (nSPS) is 18.3. The standard InChI is InChI=1S/C32H36O4/c1-4-5-22(2)23-6-8-24(9-7-23)25-12-16-29(17-13-25)32(34)36-30-20-18-27(19-21-30)26-10-14-28(15-11-26)31(33)35-3/h10-24H,4-9H2,1-3H3. The molecule has 0 heterocycles. The van der Waals surface area contributed by atoms with Gasteiger partial charge in [0.1, 0.15) is 5.75 Å².